The molecule has 4 nitrogen and oxygen atoms in total. The standard InChI is InChI=1S/C24H30Cl2N2O2S/c1-4-22(24(30)27-15-17(2)3)28(16-19-20(25)11-8-12-21(19)26)23(29)13-14-31-18-9-6-5-7-10-18/h5-12,17,22H,4,13-16H2,1-3H3,(H,27,30)/t22-/m0/s1. The Hall–Kier alpha value is -1.69. The van der Waals surface area contributed by atoms with Crippen molar-refractivity contribution in [3.8, 4) is 0 Å². The van der Waals surface area contributed by atoms with Crippen molar-refractivity contribution in [1.82, 2.24) is 10.2 Å². The fourth-order valence-corrected chi connectivity index (χ4v) is 4.49. The van der Waals surface area contributed by atoms with Crippen LogP contribution in [0.15, 0.2) is 53.4 Å². The van der Waals surface area contributed by atoms with Gasteiger partial charge in [-0.3, -0.25) is 9.59 Å². The number of hydrogen-bond donors (Lipinski definition) is 1. The summed E-state index contributed by atoms with van der Waals surface area (Å²) in [5.74, 6) is 0.708. The lowest BCUT2D eigenvalue weighted by Crippen LogP contribution is -2.49. The summed E-state index contributed by atoms with van der Waals surface area (Å²) in [6, 6.07) is 14.6. The first kappa shape index (κ1) is 25.6. The molecule has 2 rings (SSSR count). The smallest absolute Gasteiger partial charge is 0.242 e. The van der Waals surface area contributed by atoms with E-state index in [-0.39, 0.29) is 18.4 Å². The molecule has 0 aromatic heterocycles. The highest BCUT2D eigenvalue weighted by Gasteiger charge is 2.29. The summed E-state index contributed by atoms with van der Waals surface area (Å²) in [6.07, 6.45) is 0.819. The zero-order chi connectivity index (χ0) is 22.8. The number of rotatable bonds is 11. The number of amides is 2. The lowest BCUT2D eigenvalue weighted by Gasteiger charge is -2.31. The Morgan fingerprint density at radius 1 is 1.03 bits per heavy atom. The molecule has 2 amide bonds. The molecule has 1 N–H and O–H groups in total. The molecule has 0 saturated carbocycles. The van der Waals surface area contributed by atoms with Crippen LogP contribution in [-0.2, 0) is 16.1 Å². The van der Waals surface area contributed by atoms with Crippen molar-refractivity contribution >= 4 is 46.8 Å². The van der Waals surface area contributed by atoms with E-state index in [9.17, 15) is 9.59 Å². The maximum Gasteiger partial charge on any atom is 0.242 e. The highest BCUT2D eigenvalue weighted by molar-refractivity contribution is 7.99. The van der Waals surface area contributed by atoms with E-state index in [1.165, 1.54) is 0 Å². The van der Waals surface area contributed by atoms with Gasteiger partial charge in [0.1, 0.15) is 6.04 Å². The molecule has 0 fully saturated rings. The second-order valence-corrected chi connectivity index (χ2v) is 9.68. The third kappa shape index (κ3) is 8.06. The normalized spacial score (nSPS) is 11.9. The van der Waals surface area contributed by atoms with Crippen LogP contribution in [0.4, 0.5) is 0 Å². The van der Waals surface area contributed by atoms with Gasteiger partial charge in [0.05, 0.1) is 0 Å². The number of benzene rings is 2. The number of carbonyl (C=O) groups is 2. The quantitative estimate of drug-likeness (QED) is 0.397. The molecule has 0 aliphatic carbocycles. The highest BCUT2D eigenvalue weighted by Crippen LogP contribution is 2.27. The van der Waals surface area contributed by atoms with Gasteiger partial charge in [0.2, 0.25) is 11.8 Å². The van der Waals surface area contributed by atoms with E-state index < -0.39 is 6.04 Å². The molecule has 0 bridgehead atoms. The predicted octanol–water partition coefficient (Wildman–Crippen LogP) is 6.06. The van der Waals surface area contributed by atoms with Gasteiger partial charge in [-0.25, -0.2) is 0 Å². The van der Waals surface area contributed by atoms with Crippen LogP contribution >= 0.6 is 35.0 Å². The van der Waals surface area contributed by atoms with Crippen LogP contribution in [-0.4, -0.2) is 35.1 Å². The van der Waals surface area contributed by atoms with Gasteiger partial charge in [-0.15, -0.1) is 11.8 Å². The zero-order valence-corrected chi connectivity index (χ0v) is 20.6. The lowest BCUT2D eigenvalue weighted by atomic mass is 10.1. The van der Waals surface area contributed by atoms with Gasteiger partial charge in [-0.2, -0.15) is 0 Å². The van der Waals surface area contributed by atoms with E-state index in [4.69, 9.17) is 23.2 Å². The molecular formula is C24H30Cl2N2O2S. The fraction of sp³-hybridized carbons (Fsp3) is 0.417. The average molecular weight is 481 g/mol. The van der Waals surface area contributed by atoms with E-state index in [0.717, 1.165) is 4.90 Å². The summed E-state index contributed by atoms with van der Waals surface area (Å²) < 4.78 is 0. The Kier molecular flexibility index (Phi) is 10.7. The highest BCUT2D eigenvalue weighted by atomic mass is 35.5. The monoisotopic (exact) mass is 480 g/mol. The number of carbonyl (C=O) groups excluding carboxylic acids is 2. The first-order valence-corrected chi connectivity index (χ1v) is 12.3. The Bertz CT molecular complexity index is 842. The summed E-state index contributed by atoms with van der Waals surface area (Å²) in [5.41, 5.74) is 0.657. The Morgan fingerprint density at radius 3 is 2.26 bits per heavy atom. The largest absolute Gasteiger partial charge is 0.354 e. The molecule has 0 aliphatic heterocycles. The minimum absolute atomic E-state index is 0.0917. The Morgan fingerprint density at radius 2 is 1.68 bits per heavy atom. The molecule has 0 spiro atoms. The maximum atomic E-state index is 13.2. The van der Waals surface area contributed by atoms with Crippen molar-refractivity contribution in [2.45, 2.75) is 51.1 Å². The van der Waals surface area contributed by atoms with E-state index in [0.29, 0.717) is 46.7 Å². The molecule has 1 atom stereocenters. The molecule has 2 aromatic carbocycles. The molecule has 0 heterocycles. The first-order chi connectivity index (χ1) is 14.8. The molecule has 31 heavy (non-hydrogen) atoms. The maximum absolute atomic E-state index is 13.2. The summed E-state index contributed by atoms with van der Waals surface area (Å²) >= 11 is 14.4. The van der Waals surface area contributed by atoms with Crippen LogP contribution in [0, 0.1) is 5.92 Å². The minimum atomic E-state index is -0.583. The lowest BCUT2D eigenvalue weighted by molar-refractivity contribution is -0.141. The van der Waals surface area contributed by atoms with Crippen molar-refractivity contribution in [3.05, 3.63) is 64.1 Å². The van der Waals surface area contributed by atoms with Crippen molar-refractivity contribution in [2.24, 2.45) is 5.92 Å². The van der Waals surface area contributed by atoms with Gasteiger partial charge in [0.25, 0.3) is 0 Å². The van der Waals surface area contributed by atoms with E-state index in [1.54, 1.807) is 34.9 Å². The molecule has 0 radical (unpaired) electrons. The summed E-state index contributed by atoms with van der Waals surface area (Å²) in [5, 5.41) is 3.94. The average Bonchev–Trinajstić information content (AvgIpc) is 2.74. The third-order valence-electron chi connectivity index (χ3n) is 4.79. The molecule has 168 valence electrons. The number of nitrogens with one attached hydrogen (secondary N) is 1. The van der Waals surface area contributed by atoms with Crippen molar-refractivity contribution in [3.63, 3.8) is 0 Å². The van der Waals surface area contributed by atoms with Crippen molar-refractivity contribution in [1.29, 1.82) is 0 Å². The van der Waals surface area contributed by atoms with Crippen molar-refractivity contribution in [2.75, 3.05) is 12.3 Å². The molecule has 7 heteroatoms. The molecule has 2 aromatic rings. The molecule has 0 unspecified atom stereocenters. The van der Waals surface area contributed by atoms with Crippen LogP contribution in [0.2, 0.25) is 10.0 Å². The predicted molar refractivity (Wildman–Crippen MR) is 131 cm³/mol. The minimum Gasteiger partial charge on any atom is -0.354 e. The van der Waals surface area contributed by atoms with Crippen LogP contribution in [0.25, 0.3) is 0 Å². The SMILES string of the molecule is CC[C@@H](C(=O)NCC(C)C)N(Cc1c(Cl)cccc1Cl)C(=O)CCSc1ccccc1. The number of halogens is 2. The van der Waals surface area contributed by atoms with E-state index in [2.05, 4.69) is 5.32 Å². The zero-order valence-electron chi connectivity index (χ0n) is 18.2. The van der Waals surface area contributed by atoms with Crippen molar-refractivity contribution < 1.29 is 9.59 Å². The fourth-order valence-electron chi connectivity index (χ4n) is 3.11. The van der Waals surface area contributed by atoms with E-state index >= 15 is 0 Å². The van der Waals surface area contributed by atoms with Gasteiger partial charge in [-0.1, -0.05) is 68.2 Å². The molecular weight excluding hydrogens is 451 g/mol. The summed E-state index contributed by atoms with van der Waals surface area (Å²) in [7, 11) is 0. The van der Waals surface area contributed by atoms with Crippen LogP contribution in [0.5, 0.6) is 0 Å². The van der Waals surface area contributed by atoms with Crippen LogP contribution in [0.1, 0.15) is 39.2 Å². The van der Waals surface area contributed by atoms with Gasteiger partial charge >= 0.3 is 0 Å². The van der Waals surface area contributed by atoms with Gasteiger partial charge in [0.15, 0.2) is 0 Å². The van der Waals surface area contributed by atoms with Gasteiger partial charge < -0.3 is 10.2 Å². The first-order valence-electron chi connectivity index (χ1n) is 10.5. The second-order valence-electron chi connectivity index (χ2n) is 7.70. The number of thioether (sulfide) groups is 1. The Balaban J connectivity index is 2.18. The number of hydrogen-bond acceptors (Lipinski definition) is 3. The molecule has 0 saturated heterocycles. The third-order valence-corrected chi connectivity index (χ3v) is 6.51. The summed E-state index contributed by atoms with van der Waals surface area (Å²) in [6.45, 7) is 6.74. The molecule has 0 aliphatic rings. The number of nitrogens with zero attached hydrogens (tertiary/aromatic N) is 1. The van der Waals surface area contributed by atoms with Crippen LogP contribution < -0.4 is 5.32 Å². The summed E-state index contributed by atoms with van der Waals surface area (Å²) in [4.78, 5) is 28.9. The Labute approximate surface area is 199 Å². The van der Waals surface area contributed by atoms with Gasteiger partial charge in [-0.05, 0) is 36.6 Å². The van der Waals surface area contributed by atoms with E-state index in [1.807, 2.05) is 51.1 Å². The van der Waals surface area contributed by atoms with Crippen LogP contribution in [0.3, 0.4) is 0 Å². The van der Waals surface area contributed by atoms with Gasteiger partial charge in [0, 0.05) is 45.8 Å². The second kappa shape index (κ2) is 13.0. The topological polar surface area (TPSA) is 49.4 Å².